The predicted molar refractivity (Wildman–Crippen MR) is 88.3 cm³/mol. The van der Waals surface area contributed by atoms with E-state index in [0.29, 0.717) is 24.5 Å². The van der Waals surface area contributed by atoms with Gasteiger partial charge in [0.05, 0.1) is 0 Å². The summed E-state index contributed by atoms with van der Waals surface area (Å²) < 4.78 is 0. The third-order valence-electron chi connectivity index (χ3n) is 6.25. The highest BCUT2D eigenvalue weighted by molar-refractivity contribution is 6.01. The van der Waals surface area contributed by atoms with Crippen molar-refractivity contribution in [2.45, 2.75) is 65.2 Å². The highest BCUT2D eigenvalue weighted by atomic mass is 16.1. The molecule has 118 valence electrons. The molecule has 0 radical (unpaired) electrons. The van der Waals surface area contributed by atoms with Crippen LogP contribution in [0.25, 0.3) is 0 Å². The molecule has 0 bridgehead atoms. The van der Waals surface area contributed by atoms with Crippen molar-refractivity contribution in [3.8, 4) is 0 Å². The molecule has 22 heavy (non-hydrogen) atoms. The van der Waals surface area contributed by atoms with Gasteiger partial charge in [0.15, 0.2) is 5.78 Å². The summed E-state index contributed by atoms with van der Waals surface area (Å²) in [6, 6.07) is 6.40. The minimum atomic E-state index is -0.406. The highest BCUT2D eigenvalue weighted by Gasteiger charge is 2.55. The van der Waals surface area contributed by atoms with Gasteiger partial charge in [0.25, 0.3) is 0 Å². The van der Waals surface area contributed by atoms with Crippen LogP contribution in [0.3, 0.4) is 0 Å². The number of carbonyl (C=O) groups is 2. The van der Waals surface area contributed by atoms with Gasteiger partial charge in [-0.25, -0.2) is 0 Å². The lowest BCUT2D eigenvalue weighted by Gasteiger charge is -2.52. The average molecular weight is 298 g/mol. The fourth-order valence-electron chi connectivity index (χ4n) is 4.61. The molecule has 2 heteroatoms. The molecule has 2 atom stereocenters. The van der Waals surface area contributed by atoms with E-state index in [-0.39, 0.29) is 17.1 Å². The molecule has 2 nitrogen and oxygen atoms in total. The third-order valence-corrected chi connectivity index (χ3v) is 6.25. The van der Waals surface area contributed by atoms with Gasteiger partial charge in [-0.1, -0.05) is 46.8 Å². The Hall–Kier alpha value is -1.44. The van der Waals surface area contributed by atoms with Crippen molar-refractivity contribution in [1.29, 1.82) is 0 Å². The van der Waals surface area contributed by atoms with E-state index in [2.05, 4.69) is 39.0 Å². The van der Waals surface area contributed by atoms with Gasteiger partial charge in [-0.05, 0) is 40.9 Å². The van der Waals surface area contributed by atoms with Crippen LogP contribution in [0.2, 0.25) is 0 Å². The summed E-state index contributed by atoms with van der Waals surface area (Å²) in [5.74, 6) is 1.06. The SMILES string of the molecule is CC(C)c1ccc2c(c1)C(=O)CC1C(C)(C)C(=O)CC[C@]21C. The lowest BCUT2D eigenvalue weighted by molar-refractivity contribution is -0.136. The molecule has 1 unspecified atom stereocenters. The Bertz CT molecular complexity index is 654. The van der Waals surface area contributed by atoms with Crippen LogP contribution in [0, 0.1) is 11.3 Å². The quantitative estimate of drug-likeness (QED) is 0.755. The van der Waals surface area contributed by atoms with Crippen molar-refractivity contribution in [2.24, 2.45) is 11.3 Å². The van der Waals surface area contributed by atoms with E-state index >= 15 is 0 Å². The van der Waals surface area contributed by atoms with Crippen molar-refractivity contribution in [1.82, 2.24) is 0 Å². The number of fused-ring (bicyclic) bond motifs is 3. The molecule has 1 saturated carbocycles. The first-order valence-electron chi connectivity index (χ1n) is 8.39. The smallest absolute Gasteiger partial charge is 0.163 e. The van der Waals surface area contributed by atoms with Gasteiger partial charge in [-0.3, -0.25) is 9.59 Å². The zero-order valence-corrected chi connectivity index (χ0v) is 14.3. The number of Topliss-reactive ketones (excluding diaryl/α,β-unsaturated/α-hetero) is 2. The second-order valence-corrected chi connectivity index (χ2v) is 8.20. The van der Waals surface area contributed by atoms with Gasteiger partial charge in [0, 0.05) is 23.8 Å². The molecule has 0 N–H and O–H groups in total. The molecular weight excluding hydrogens is 272 g/mol. The first-order valence-corrected chi connectivity index (χ1v) is 8.39. The first-order chi connectivity index (χ1) is 10.2. The third kappa shape index (κ3) is 2.00. The average Bonchev–Trinajstić information content (AvgIpc) is 2.46. The fourth-order valence-corrected chi connectivity index (χ4v) is 4.61. The number of ketones is 2. The Morgan fingerprint density at radius 3 is 2.45 bits per heavy atom. The van der Waals surface area contributed by atoms with Gasteiger partial charge in [0.2, 0.25) is 0 Å². The molecule has 1 fully saturated rings. The van der Waals surface area contributed by atoms with Gasteiger partial charge in [0.1, 0.15) is 5.78 Å². The molecule has 3 rings (SSSR count). The topological polar surface area (TPSA) is 34.1 Å². The van der Waals surface area contributed by atoms with Crippen LogP contribution < -0.4 is 0 Å². The molecule has 0 aromatic heterocycles. The Balaban J connectivity index is 2.16. The normalized spacial score (nSPS) is 30.2. The van der Waals surface area contributed by atoms with E-state index in [9.17, 15) is 9.59 Å². The number of hydrogen-bond donors (Lipinski definition) is 0. The van der Waals surface area contributed by atoms with E-state index in [1.807, 2.05) is 13.8 Å². The second kappa shape index (κ2) is 4.78. The molecule has 1 aromatic carbocycles. The summed E-state index contributed by atoms with van der Waals surface area (Å²) in [7, 11) is 0. The van der Waals surface area contributed by atoms with Crippen molar-refractivity contribution < 1.29 is 9.59 Å². The van der Waals surface area contributed by atoms with Crippen LogP contribution in [0.5, 0.6) is 0 Å². The van der Waals surface area contributed by atoms with E-state index < -0.39 is 5.41 Å². The van der Waals surface area contributed by atoms with E-state index in [0.717, 1.165) is 12.0 Å². The number of rotatable bonds is 1. The minimum absolute atomic E-state index is 0.0594. The summed E-state index contributed by atoms with van der Waals surface area (Å²) in [4.78, 5) is 25.1. The molecule has 0 spiro atoms. The molecule has 0 heterocycles. The van der Waals surface area contributed by atoms with E-state index in [1.54, 1.807) is 0 Å². The van der Waals surface area contributed by atoms with Crippen LogP contribution in [-0.4, -0.2) is 11.6 Å². The molecular formula is C20H26O2. The van der Waals surface area contributed by atoms with Crippen molar-refractivity contribution in [3.63, 3.8) is 0 Å². The predicted octanol–water partition coefficient (Wildman–Crippen LogP) is 4.66. The lowest BCUT2D eigenvalue weighted by atomic mass is 9.49. The van der Waals surface area contributed by atoms with Gasteiger partial charge < -0.3 is 0 Å². The molecule has 0 amide bonds. The van der Waals surface area contributed by atoms with Crippen LogP contribution in [-0.2, 0) is 10.2 Å². The maximum Gasteiger partial charge on any atom is 0.163 e. The van der Waals surface area contributed by atoms with Crippen LogP contribution in [0.1, 0.15) is 81.3 Å². The Morgan fingerprint density at radius 1 is 1.14 bits per heavy atom. The maximum atomic E-state index is 12.7. The zero-order valence-electron chi connectivity index (χ0n) is 14.3. The maximum absolute atomic E-state index is 12.7. The van der Waals surface area contributed by atoms with Gasteiger partial charge >= 0.3 is 0 Å². The number of hydrogen-bond acceptors (Lipinski definition) is 2. The van der Waals surface area contributed by atoms with Crippen molar-refractivity contribution in [3.05, 3.63) is 34.9 Å². The summed E-state index contributed by atoms with van der Waals surface area (Å²) in [6.07, 6.45) is 1.99. The summed E-state index contributed by atoms with van der Waals surface area (Å²) in [5, 5.41) is 0. The first kappa shape index (κ1) is 15.5. The number of carbonyl (C=O) groups excluding carboxylic acids is 2. The molecule has 1 aromatic rings. The van der Waals surface area contributed by atoms with Crippen molar-refractivity contribution in [2.75, 3.05) is 0 Å². The lowest BCUT2D eigenvalue weighted by Crippen LogP contribution is -2.53. The summed E-state index contributed by atoms with van der Waals surface area (Å²) in [5.41, 5.74) is 2.82. The van der Waals surface area contributed by atoms with Gasteiger partial charge in [-0.15, -0.1) is 0 Å². The summed E-state index contributed by atoms with van der Waals surface area (Å²) in [6.45, 7) is 10.6. The van der Waals surface area contributed by atoms with Gasteiger partial charge in [-0.2, -0.15) is 0 Å². The molecule has 0 saturated heterocycles. The van der Waals surface area contributed by atoms with Crippen LogP contribution in [0.4, 0.5) is 0 Å². The Morgan fingerprint density at radius 2 is 1.82 bits per heavy atom. The van der Waals surface area contributed by atoms with E-state index in [4.69, 9.17) is 0 Å². The zero-order chi connectivity index (χ0) is 16.3. The van der Waals surface area contributed by atoms with E-state index in [1.165, 1.54) is 11.1 Å². The van der Waals surface area contributed by atoms with Crippen LogP contribution in [0.15, 0.2) is 18.2 Å². The fraction of sp³-hybridized carbons (Fsp3) is 0.600. The summed E-state index contributed by atoms with van der Waals surface area (Å²) >= 11 is 0. The second-order valence-electron chi connectivity index (χ2n) is 8.20. The molecule has 0 aliphatic heterocycles. The standard InChI is InChI=1S/C20H26O2/c1-12(2)13-6-7-15-14(10-13)16(21)11-17-19(3,4)18(22)8-9-20(15,17)5/h6-7,10,12,17H,8-9,11H2,1-5H3/t17?,20-/m1/s1. The van der Waals surface area contributed by atoms with Crippen LogP contribution >= 0.6 is 0 Å². The Kier molecular flexibility index (Phi) is 3.36. The largest absolute Gasteiger partial charge is 0.299 e. The number of benzene rings is 1. The minimum Gasteiger partial charge on any atom is -0.299 e. The van der Waals surface area contributed by atoms with Crippen molar-refractivity contribution >= 4 is 11.6 Å². The Labute approximate surface area is 133 Å². The monoisotopic (exact) mass is 298 g/mol. The molecule has 2 aliphatic carbocycles. The molecule has 2 aliphatic rings. The highest BCUT2D eigenvalue weighted by Crippen LogP contribution is 2.55.